The Morgan fingerprint density at radius 1 is 1.20 bits per heavy atom. The van der Waals surface area contributed by atoms with Gasteiger partial charge in [0, 0.05) is 37.2 Å². The average Bonchev–Trinajstić information content (AvgIpc) is 3.53. The molecule has 3 N–H and O–H groups in total. The van der Waals surface area contributed by atoms with Crippen LogP contribution >= 0.6 is 24.0 Å². The van der Waals surface area contributed by atoms with Crippen molar-refractivity contribution in [1.29, 1.82) is 0 Å². The number of amides is 1. The molecule has 0 saturated heterocycles. The van der Waals surface area contributed by atoms with Crippen LogP contribution in [0, 0.1) is 11.7 Å². The summed E-state index contributed by atoms with van der Waals surface area (Å²) < 4.78 is 18.8. The number of benzene rings is 1. The van der Waals surface area contributed by atoms with Gasteiger partial charge in [-0.05, 0) is 56.7 Å². The monoisotopic (exact) mass is 532 g/mol. The lowest BCUT2D eigenvalue weighted by Gasteiger charge is -2.30. The first-order valence-electron chi connectivity index (χ1n) is 10.7. The maximum absolute atomic E-state index is 13.8. The van der Waals surface area contributed by atoms with E-state index in [0.717, 1.165) is 56.6 Å². The van der Waals surface area contributed by atoms with E-state index in [0.29, 0.717) is 18.2 Å². The zero-order chi connectivity index (χ0) is 20.6. The largest absolute Gasteiger partial charge is 0.380 e. The molecule has 0 heterocycles. The van der Waals surface area contributed by atoms with E-state index in [-0.39, 0.29) is 54.3 Å². The highest BCUT2D eigenvalue weighted by Crippen LogP contribution is 2.26. The second kappa shape index (κ2) is 12.4. The van der Waals surface area contributed by atoms with Crippen molar-refractivity contribution in [2.75, 3.05) is 13.7 Å². The normalized spacial score (nSPS) is 21.5. The summed E-state index contributed by atoms with van der Waals surface area (Å²) in [6, 6.07) is 5.65. The molecule has 1 amide bonds. The molecule has 2 aliphatic carbocycles. The quantitative estimate of drug-likeness (QED) is 0.272. The van der Waals surface area contributed by atoms with Crippen LogP contribution in [0.4, 0.5) is 4.39 Å². The number of methoxy groups -OCH3 is 1. The fraction of sp³-hybridized carbons (Fsp3) is 0.636. The molecule has 30 heavy (non-hydrogen) atoms. The van der Waals surface area contributed by atoms with Crippen molar-refractivity contribution in [3.05, 3.63) is 35.1 Å². The van der Waals surface area contributed by atoms with E-state index < -0.39 is 0 Å². The topological polar surface area (TPSA) is 74.8 Å². The number of halogens is 2. The maximum atomic E-state index is 13.8. The molecule has 0 bridgehead atoms. The third kappa shape index (κ3) is 7.68. The third-order valence-corrected chi connectivity index (χ3v) is 5.48. The summed E-state index contributed by atoms with van der Waals surface area (Å²) in [6.45, 7) is 3.47. The van der Waals surface area contributed by atoms with Crippen LogP contribution in [0.3, 0.4) is 0 Å². The fourth-order valence-corrected chi connectivity index (χ4v) is 3.78. The molecule has 8 heteroatoms. The molecular formula is C22H34FIN4O2. The third-order valence-electron chi connectivity index (χ3n) is 5.48. The second-order valence-corrected chi connectivity index (χ2v) is 8.04. The summed E-state index contributed by atoms with van der Waals surface area (Å²) in [4.78, 5) is 17.1. The lowest BCUT2D eigenvalue weighted by atomic mass is 9.85. The van der Waals surface area contributed by atoms with E-state index in [4.69, 9.17) is 4.74 Å². The van der Waals surface area contributed by atoms with Crippen molar-refractivity contribution in [3.63, 3.8) is 0 Å². The van der Waals surface area contributed by atoms with Crippen molar-refractivity contribution >= 4 is 35.8 Å². The number of guanidine groups is 1. The Morgan fingerprint density at radius 3 is 2.70 bits per heavy atom. The van der Waals surface area contributed by atoms with Crippen LogP contribution in [0.15, 0.2) is 23.2 Å². The molecule has 2 atom stereocenters. The van der Waals surface area contributed by atoms with Gasteiger partial charge in [0.2, 0.25) is 5.91 Å². The standard InChI is InChI=1S/C22H33FN4O2.HI/c1-3-24-22(25-13-15-7-10-20(23)17(11-15)14-29-2)27-19-6-4-5-16(12-19)21(28)26-18-8-9-18;/h7,10-11,16,18-19H,3-6,8-9,12-14H2,1-2H3,(H,26,28)(H2,24,25,27);1H. The van der Waals surface area contributed by atoms with Crippen LogP contribution < -0.4 is 16.0 Å². The Morgan fingerprint density at radius 2 is 2.00 bits per heavy atom. The minimum Gasteiger partial charge on any atom is -0.380 e. The summed E-state index contributed by atoms with van der Waals surface area (Å²) in [5, 5.41) is 9.91. The molecule has 0 spiro atoms. The van der Waals surface area contributed by atoms with Crippen molar-refractivity contribution in [2.24, 2.45) is 10.9 Å². The molecule has 0 radical (unpaired) electrons. The smallest absolute Gasteiger partial charge is 0.223 e. The maximum Gasteiger partial charge on any atom is 0.223 e. The molecular weight excluding hydrogens is 498 g/mol. The average molecular weight is 532 g/mol. The minimum atomic E-state index is -0.262. The van der Waals surface area contributed by atoms with Gasteiger partial charge in [0.15, 0.2) is 5.96 Å². The minimum absolute atomic E-state index is 0. The predicted octanol–water partition coefficient (Wildman–Crippen LogP) is 3.48. The van der Waals surface area contributed by atoms with E-state index in [1.165, 1.54) is 6.07 Å². The van der Waals surface area contributed by atoms with Crippen molar-refractivity contribution in [3.8, 4) is 0 Å². The molecule has 6 nitrogen and oxygen atoms in total. The lowest BCUT2D eigenvalue weighted by molar-refractivity contribution is -0.126. The SMILES string of the molecule is CCNC(=NCc1ccc(F)c(COC)c1)NC1CCCC(C(=O)NC2CC2)C1.I. The fourth-order valence-electron chi connectivity index (χ4n) is 3.78. The molecule has 0 aliphatic heterocycles. The van der Waals surface area contributed by atoms with Gasteiger partial charge in [0.1, 0.15) is 5.82 Å². The highest BCUT2D eigenvalue weighted by Gasteiger charge is 2.31. The Kier molecular flexibility index (Phi) is 10.3. The van der Waals surface area contributed by atoms with Crippen LogP contribution in [0.1, 0.15) is 56.6 Å². The number of nitrogens with one attached hydrogen (secondary N) is 3. The van der Waals surface area contributed by atoms with Gasteiger partial charge in [-0.15, -0.1) is 24.0 Å². The number of carbonyl (C=O) groups excluding carboxylic acids is 1. The zero-order valence-corrected chi connectivity index (χ0v) is 20.2. The van der Waals surface area contributed by atoms with E-state index >= 15 is 0 Å². The van der Waals surface area contributed by atoms with E-state index in [1.54, 1.807) is 19.2 Å². The van der Waals surface area contributed by atoms with Gasteiger partial charge in [-0.2, -0.15) is 0 Å². The van der Waals surface area contributed by atoms with Crippen molar-refractivity contribution < 1.29 is 13.9 Å². The van der Waals surface area contributed by atoms with Gasteiger partial charge < -0.3 is 20.7 Å². The molecule has 1 aromatic rings. The molecule has 1 aromatic carbocycles. The lowest BCUT2D eigenvalue weighted by Crippen LogP contribution is -2.47. The second-order valence-electron chi connectivity index (χ2n) is 8.04. The molecule has 2 saturated carbocycles. The molecule has 2 aliphatic rings. The van der Waals surface area contributed by atoms with Crippen molar-refractivity contribution in [2.45, 2.75) is 70.7 Å². The number of ether oxygens (including phenoxy) is 1. The van der Waals surface area contributed by atoms with Crippen LogP contribution in [0.25, 0.3) is 0 Å². The highest BCUT2D eigenvalue weighted by molar-refractivity contribution is 14.0. The van der Waals surface area contributed by atoms with Gasteiger partial charge in [-0.3, -0.25) is 4.79 Å². The van der Waals surface area contributed by atoms with Gasteiger partial charge in [0.25, 0.3) is 0 Å². The van der Waals surface area contributed by atoms with E-state index in [9.17, 15) is 9.18 Å². The summed E-state index contributed by atoms with van der Waals surface area (Å²) in [6.07, 6.45) is 6.10. The van der Waals surface area contributed by atoms with Crippen LogP contribution in [0.5, 0.6) is 0 Å². The number of rotatable bonds is 8. The molecule has 3 rings (SSSR count). The Labute approximate surface area is 195 Å². The van der Waals surface area contributed by atoms with Crippen molar-refractivity contribution in [1.82, 2.24) is 16.0 Å². The molecule has 2 unspecified atom stereocenters. The molecule has 168 valence electrons. The Hall–Kier alpha value is -1.42. The summed E-state index contributed by atoms with van der Waals surface area (Å²) in [5.74, 6) is 0.761. The number of carbonyl (C=O) groups is 1. The first-order chi connectivity index (χ1) is 14.1. The van der Waals surface area contributed by atoms with Crippen LogP contribution in [-0.2, 0) is 22.7 Å². The highest BCUT2D eigenvalue weighted by atomic mass is 127. The number of nitrogens with zero attached hydrogens (tertiary/aromatic N) is 1. The summed E-state index contributed by atoms with van der Waals surface area (Å²) >= 11 is 0. The zero-order valence-electron chi connectivity index (χ0n) is 17.9. The Balaban J connectivity index is 0.00000320. The number of hydrogen-bond acceptors (Lipinski definition) is 3. The summed E-state index contributed by atoms with van der Waals surface area (Å²) in [5.41, 5.74) is 1.47. The Bertz CT molecular complexity index is 727. The molecule has 2 fully saturated rings. The first-order valence-corrected chi connectivity index (χ1v) is 10.7. The van der Waals surface area contributed by atoms with Gasteiger partial charge in [-0.1, -0.05) is 12.5 Å². The van der Waals surface area contributed by atoms with E-state index in [1.807, 2.05) is 6.92 Å². The number of aliphatic imine (C=N–C) groups is 1. The van der Waals surface area contributed by atoms with Gasteiger partial charge in [0.05, 0.1) is 13.2 Å². The first kappa shape index (κ1) is 24.8. The predicted molar refractivity (Wildman–Crippen MR) is 127 cm³/mol. The van der Waals surface area contributed by atoms with Gasteiger partial charge in [-0.25, -0.2) is 9.38 Å². The number of hydrogen-bond donors (Lipinski definition) is 3. The van der Waals surface area contributed by atoms with Gasteiger partial charge >= 0.3 is 0 Å². The van der Waals surface area contributed by atoms with Crippen LogP contribution in [-0.4, -0.2) is 37.6 Å². The van der Waals surface area contributed by atoms with E-state index in [2.05, 4.69) is 20.9 Å². The molecule has 0 aromatic heterocycles. The van der Waals surface area contributed by atoms with Crippen LogP contribution in [0.2, 0.25) is 0 Å². The summed E-state index contributed by atoms with van der Waals surface area (Å²) in [7, 11) is 1.56.